The van der Waals surface area contributed by atoms with Crippen molar-refractivity contribution in [2.45, 2.75) is 65.0 Å². The molecule has 20 heavy (non-hydrogen) atoms. The van der Waals surface area contributed by atoms with Crippen molar-refractivity contribution in [1.82, 2.24) is 9.97 Å². The molecule has 1 aromatic rings. The van der Waals surface area contributed by atoms with Gasteiger partial charge in [-0.15, -0.1) is 0 Å². The fourth-order valence-electron chi connectivity index (χ4n) is 2.98. The van der Waals surface area contributed by atoms with E-state index in [9.17, 15) is 0 Å². The number of hydrogen-bond donors (Lipinski definition) is 1. The molecule has 0 amide bonds. The van der Waals surface area contributed by atoms with Gasteiger partial charge in [0.25, 0.3) is 0 Å². The Morgan fingerprint density at radius 2 is 1.80 bits per heavy atom. The van der Waals surface area contributed by atoms with Crippen LogP contribution in [0.2, 0.25) is 0 Å². The Morgan fingerprint density at radius 1 is 1.20 bits per heavy atom. The minimum absolute atomic E-state index is 0.158. The van der Waals surface area contributed by atoms with Crippen molar-refractivity contribution < 1.29 is 0 Å². The second-order valence-corrected chi connectivity index (χ2v) is 6.56. The molecule has 0 saturated heterocycles. The molecule has 112 valence electrons. The van der Waals surface area contributed by atoms with Crippen molar-refractivity contribution in [3.8, 4) is 0 Å². The maximum absolute atomic E-state index is 5.82. The van der Waals surface area contributed by atoms with Gasteiger partial charge in [-0.2, -0.15) is 0 Å². The van der Waals surface area contributed by atoms with Crippen LogP contribution in [0.25, 0.3) is 0 Å². The topological polar surface area (TPSA) is 55.0 Å². The summed E-state index contributed by atoms with van der Waals surface area (Å²) < 4.78 is 0. The molecule has 1 unspecified atom stereocenters. The molecule has 0 aliphatic heterocycles. The van der Waals surface area contributed by atoms with Crippen molar-refractivity contribution in [3.05, 3.63) is 18.0 Å². The molecule has 1 saturated carbocycles. The molecule has 1 aliphatic rings. The molecule has 4 nitrogen and oxygen atoms in total. The maximum atomic E-state index is 5.82. The zero-order valence-electron chi connectivity index (χ0n) is 13.0. The van der Waals surface area contributed by atoms with E-state index in [1.54, 1.807) is 0 Å². The Hall–Kier alpha value is -1.16. The molecule has 0 bridgehead atoms. The average molecular weight is 276 g/mol. The lowest BCUT2D eigenvalue weighted by molar-refractivity contribution is 0.525. The van der Waals surface area contributed by atoms with Crippen molar-refractivity contribution in [2.24, 2.45) is 11.7 Å². The summed E-state index contributed by atoms with van der Waals surface area (Å²) in [4.78, 5) is 11.6. The molecule has 0 radical (unpaired) electrons. The summed E-state index contributed by atoms with van der Waals surface area (Å²) in [5.74, 6) is 1.52. The molecule has 1 aromatic heterocycles. The fourth-order valence-corrected chi connectivity index (χ4v) is 2.98. The zero-order valence-corrected chi connectivity index (χ0v) is 13.0. The van der Waals surface area contributed by atoms with E-state index in [0.29, 0.717) is 12.0 Å². The van der Waals surface area contributed by atoms with Crippen LogP contribution in [0.1, 0.15) is 52.0 Å². The minimum Gasteiger partial charge on any atom is -0.338 e. The maximum Gasteiger partial charge on any atom is 0.225 e. The molecule has 4 heteroatoms. The van der Waals surface area contributed by atoms with Gasteiger partial charge in [-0.3, -0.25) is 0 Å². The zero-order chi connectivity index (χ0) is 14.5. The standard InChI is InChI=1S/C16H28N4/c1-12(2)11-20(15-6-4-5-7-15)16-18-9-14(10-19-16)8-13(3)17/h9-10,12-13,15H,4-8,11,17H2,1-3H3. The monoisotopic (exact) mass is 276 g/mol. The van der Waals surface area contributed by atoms with Gasteiger partial charge >= 0.3 is 0 Å². The first kappa shape index (κ1) is 15.2. The number of aromatic nitrogens is 2. The second-order valence-electron chi connectivity index (χ2n) is 6.56. The molecular weight excluding hydrogens is 248 g/mol. The first-order chi connectivity index (χ1) is 9.56. The highest BCUT2D eigenvalue weighted by Gasteiger charge is 2.25. The number of hydrogen-bond acceptors (Lipinski definition) is 4. The van der Waals surface area contributed by atoms with Gasteiger partial charge in [-0.25, -0.2) is 9.97 Å². The summed E-state index contributed by atoms with van der Waals surface area (Å²) in [7, 11) is 0. The van der Waals surface area contributed by atoms with E-state index in [4.69, 9.17) is 5.73 Å². The summed E-state index contributed by atoms with van der Waals surface area (Å²) in [6.45, 7) is 7.56. The predicted octanol–water partition coefficient (Wildman–Crippen LogP) is 2.77. The van der Waals surface area contributed by atoms with E-state index in [-0.39, 0.29) is 6.04 Å². The third-order valence-electron chi connectivity index (χ3n) is 3.83. The highest BCUT2D eigenvalue weighted by molar-refractivity contribution is 5.32. The Balaban J connectivity index is 2.11. The molecular formula is C16H28N4. The molecule has 1 atom stereocenters. The molecule has 2 N–H and O–H groups in total. The quantitative estimate of drug-likeness (QED) is 0.868. The van der Waals surface area contributed by atoms with Crippen LogP contribution in [0.3, 0.4) is 0 Å². The third kappa shape index (κ3) is 4.17. The molecule has 1 aliphatic carbocycles. The lowest BCUT2D eigenvalue weighted by Gasteiger charge is -2.30. The highest BCUT2D eigenvalue weighted by Crippen LogP contribution is 2.27. The summed E-state index contributed by atoms with van der Waals surface area (Å²) in [6.07, 6.45) is 9.94. The Kier molecular flexibility index (Phi) is 5.35. The van der Waals surface area contributed by atoms with E-state index in [1.807, 2.05) is 19.3 Å². The van der Waals surface area contributed by atoms with E-state index >= 15 is 0 Å². The van der Waals surface area contributed by atoms with Gasteiger partial charge in [0.2, 0.25) is 5.95 Å². The first-order valence-electron chi connectivity index (χ1n) is 7.89. The summed E-state index contributed by atoms with van der Waals surface area (Å²) >= 11 is 0. The van der Waals surface area contributed by atoms with Crippen LogP contribution >= 0.6 is 0 Å². The van der Waals surface area contributed by atoms with Crippen molar-refractivity contribution >= 4 is 5.95 Å². The summed E-state index contributed by atoms with van der Waals surface area (Å²) in [6, 6.07) is 0.780. The Bertz CT molecular complexity index is 393. The van der Waals surface area contributed by atoms with Crippen LogP contribution in [0.15, 0.2) is 12.4 Å². The SMILES string of the molecule is CC(C)CN(c1ncc(CC(C)N)cn1)C1CCCC1. The Labute approximate surface area is 122 Å². The highest BCUT2D eigenvalue weighted by atomic mass is 15.3. The van der Waals surface area contributed by atoms with Gasteiger partial charge < -0.3 is 10.6 Å². The van der Waals surface area contributed by atoms with Crippen molar-refractivity contribution in [3.63, 3.8) is 0 Å². The minimum atomic E-state index is 0.158. The van der Waals surface area contributed by atoms with Crippen molar-refractivity contribution in [1.29, 1.82) is 0 Å². The van der Waals surface area contributed by atoms with Gasteiger partial charge in [-0.1, -0.05) is 26.7 Å². The molecule has 1 fully saturated rings. The number of nitrogens with zero attached hydrogens (tertiary/aromatic N) is 3. The van der Waals surface area contributed by atoms with Crippen LogP contribution in [0, 0.1) is 5.92 Å². The molecule has 0 aromatic carbocycles. The lowest BCUT2D eigenvalue weighted by Crippen LogP contribution is -2.37. The number of nitrogens with two attached hydrogens (primary N) is 1. The van der Waals surface area contributed by atoms with E-state index in [1.165, 1.54) is 25.7 Å². The van der Waals surface area contributed by atoms with E-state index in [2.05, 4.69) is 28.7 Å². The van der Waals surface area contributed by atoms with Gasteiger partial charge in [0, 0.05) is 31.0 Å². The van der Waals surface area contributed by atoms with Crippen LogP contribution in [0.5, 0.6) is 0 Å². The van der Waals surface area contributed by atoms with Gasteiger partial charge in [0.15, 0.2) is 0 Å². The van der Waals surface area contributed by atoms with E-state index in [0.717, 1.165) is 24.5 Å². The Morgan fingerprint density at radius 3 is 2.30 bits per heavy atom. The number of anilines is 1. The number of rotatable bonds is 6. The third-order valence-corrected chi connectivity index (χ3v) is 3.83. The fraction of sp³-hybridized carbons (Fsp3) is 0.750. The van der Waals surface area contributed by atoms with Crippen LogP contribution in [-0.2, 0) is 6.42 Å². The molecule has 2 rings (SSSR count). The van der Waals surface area contributed by atoms with Gasteiger partial charge in [0.1, 0.15) is 0 Å². The van der Waals surface area contributed by atoms with Crippen LogP contribution < -0.4 is 10.6 Å². The average Bonchev–Trinajstić information content (AvgIpc) is 2.90. The van der Waals surface area contributed by atoms with Crippen LogP contribution in [0.4, 0.5) is 5.95 Å². The smallest absolute Gasteiger partial charge is 0.225 e. The first-order valence-corrected chi connectivity index (χ1v) is 7.89. The summed E-state index contributed by atoms with van der Waals surface area (Å²) in [5.41, 5.74) is 6.95. The van der Waals surface area contributed by atoms with Gasteiger partial charge in [-0.05, 0) is 37.7 Å². The van der Waals surface area contributed by atoms with Gasteiger partial charge in [0.05, 0.1) is 0 Å². The predicted molar refractivity (Wildman–Crippen MR) is 83.8 cm³/mol. The summed E-state index contributed by atoms with van der Waals surface area (Å²) in [5, 5.41) is 0. The van der Waals surface area contributed by atoms with Crippen LogP contribution in [-0.4, -0.2) is 28.6 Å². The van der Waals surface area contributed by atoms with E-state index < -0.39 is 0 Å². The molecule has 1 heterocycles. The second kappa shape index (κ2) is 7.02. The molecule has 0 spiro atoms. The lowest BCUT2D eigenvalue weighted by atomic mass is 10.1. The largest absolute Gasteiger partial charge is 0.338 e. The normalized spacial score (nSPS) is 17.6. The van der Waals surface area contributed by atoms with Crippen molar-refractivity contribution in [2.75, 3.05) is 11.4 Å².